The van der Waals surface area contributed by atoms with E-state index in [-0.39, 0.29) is 0 Å². The first-order chi connectivity index (χ1) is 14.7. The fraction of sp³-hybridized carbons (Fsp3) is 0.130. The molecule has 0 saturated carbocycles. The SMILES string of the molecule is Cc1cccc(-c2[nH]c(CNCc3ccccc3)nc2-c2ccc(N=CN)nc2)n1. The van der Waals surface area contributed by atoms with Crippen LogP contribution in [0.4, 0.5) is 5.82 Å². The zero-order valence-corrected chi connectivity index (χ0v) is 16.7. The third-order valence-electron chi connectivity index (χ3n) is 4.59. The number of nitrogens with one attached hydrogen (secondary N) is 2. The van der Waals surface area contributed by atoms with Crippen LogP contribution in [0.5, 0.6) is 0 Å². The average Bonchev–Trinajstić information content (AvgIpc) is 3.20. The van der Waals surface area contributed by atoms with E-state index in [9.17, 15) is 0 Å². The van der Waals surface area contributed by atoms with Crippen molar-refractivity contribution in [1.29, 1.82) is 0 Å². The number of aromatic nitrogens is 4. The molecule has 7 nitrogen and oxygen atoms in total. The third kappa shape index (κ3) is 4.59. The number of pyridine rings is 2. The molecule has 0 fully saturated rings. The number of nitrogens with zero attached hydrogens (tertiary/aromatic N) is 4. The Morgan fingerprint density at radius 1 is 1.00 bits per heavy atom. The largest absolute Gasteiger partial charge is 0.390 e. The number of hydrogen-bond acceptors (Lipinski definition) is 5. The molecule has 0 spiro atoms. The van der Waals surface area contributed by atoms with E-state index in [1.807, 2.05) is 55.5 Å². The number of rotatable bonds is 7. The summed E-state index contributed by atoms with van der Waals surface area (Å²) in [5.74, 6) is 1.39. The Kier molecular flexibility index (Phi) is 5.91. The number of benzene rings is 1. The molecule has 1 aromatic carbocycles. The predicted octanol–water partition coefficient (Wildman–Crippen LogP) is 3.75. The van der Waals surface area contributed by atoms with Crippen LogP contribution in [0.15, 0.2) is 71.9 Å². The molecule has 0 atom stereocenters. The summed E-state index contributed by atoms with van der Waals surface area (Å²) in [6, 6.07) is 20.0. The highest BCUT2D eigenvalue weighted by atomic mass is 15.0. The van der Waals surface area contributed by atoms with E-state index < -0.39 is 0 Å². The molecule has 3 aromatic heterocycles. The first kappa shape index (κ1) is 19.5. The van der Waals surface area contributed by atoms with Crippen LogP contribution in [0, 0.1) is 6.92 Å². The van der Waals surface area contributed by atoms with Gasteiger partial charge in [-0.3, -0.25) is 4.98 Å². The highest BCUT2D eigenvalue weighted by molar-refractivity contribution is 5.76. The molecule has 150 valence electrons. The lowest BCUT2D eigenvalue weighted by molar-refractivity contribution is 0.669. The molecule has 4 N–H and O–H groups in total. The first-order valence-corrected chi connectivity index (χ1v) is 9.71. The second-order valence-corrected chi connectivity index (χ2v) is 6.84. The zero-order valence-electron chi connectivity index (χ0n) is 16.7. The van der Waals surface area contributed by atoms with E-state index in [1.165, 1.54) is 11.9 Å². The Labute approximate surface area is 175 Å². The van der Waals surface area contributed by atoms with Gasteiger partial charge in [-0.05, 0) is 36.8 Å². The molecule has 30 heavy (non-hydrogen) atoms. The van der Waals surface area contributed by atoms with Crippen LogP contribution in [0.1, 0.15) is 17.1 Å². The summed E-state index contributed by atoms with van der Waals surface area (Å²) in [6.07, 6.45) is 2.98. The van der Waals surface area contributed by atoms with Gasteiger partial charge in [-0.15, -0.1) is 0 Å². The molecule has 0 aliphatic rings. The molecule has 3 heterocycles. The van der Waals surface area contributed by atoms with Crippen LogP contribution in [0.2, 0.25) is 0 Å². The fourth-order valence-electron chi connectivity index (χ4n) is 3.18. The standard InChI is InChI=1S/C23H23N7/c1-16-6-5-9-19(28-16)23-22(18-10-11-20(26-13-18)27-15-24)29-21(30-23)14-25-12-17-7-3-2-4-8-17/h2-11,13,15,25H,12,14H2,1H3,(H,29,30)(H2,24,26,27). The Morgan fingerprint density at radius 2 is 1.87 bits per heavy atom. The maximum Gasteiger partial charge on any atom is 0.153 e. The van der Waals surface area contributed by atoms with Crippen molar-refractivity contribution in [3.05, 3.63) is 83.9 Å². The summed E-state index contributed by atoms with van der Waals surface area (Å²) in [7, 11) is 0. The van der Waals surface area contributed by atoms with E-state index in [4.69, 9.17) is 10.7 Å². The van der Waals surface area contributed by atoms with Gasteiger partial charge in [0.2, 0.25) is 0 Å². The predicted molar refractivity (Wildman–Crippen MR) is 119 cm³/mol. The van der Waals surface area contributed by atoms with Crippen molar-refractivity contribution in [3.63, 3.8) is 0 Å². The van der Waals surface area contributed by atoms with Crippen LogP contribution in [-0.2, 0) is 13.1 Å². The van der Waals surface area contributed by atoms with E-state index in [1.54, 1.807) is 6.20 Å². The van der Waals surface area contributed by atoms with E-state index in [2.05, 4.69) is 37.4 Å². The molecule has 0 aliphatic heterocycles. The zero-order chi connectivity index (χ0) is 20.8. The van der Waals surface area contributed by atoms with Crippen LogP contribution in [0.3, 0.4) is 0 Å². The Balaban J connectivity index is 1.63. The van der Waals surface area contributed by atoms with Gasteiger partial charge < -0.3 is 16.0 Å². The summed E-state index contributed by atoms with van der Waals surface area (Å²) in [5, 5.41) is 3.44. The number of aryl methyl sites for hydroxylation is 1. The molecule has 7 heteroatoms. The summed E-state index contributed by atoms with van der Waals surface area (Å²) in [5.41, 5.74) is 10.9. The highest BCUT2D eigenvalue weighted by Crippen LogP contribution is 2.29. The maximum atomic E-state index is 5.35. The lowest BCUT2D eigenvalue weighted by Crippen LogP contribution is -2.13. The number of aromatic amines is 1. The molecule has 0 unspecified atom stereocenters. The molecule has 0 radical (unpaired) electrons. The van der Waals surface area contributed by atoms with Crippen molar-refractivity contribution < 1.29 is 0 Å². The van der Waals surface area contributed by atoms with E-state index in [0.717, 1.165) is 40.7 Å². The van der Waals surface area contributed by atoms with Crippen molar-refractivity contribution in [2.45, 2.75) is 20.0 Å². The van der Waals surface area contributed by atoms with Gasteiger partial charge in [0.05, 0.1) is 30.0 Å². The molecule has 0 aliphatic carbocycles. The molecular weight excluding hydrogens is 374 g/mol. The van der Waals surface area contributed by atoms with Crippen molar-refractivity contribution in [2.24, 2.45) is 10.7 Å². The first-order valence-electron chi connectivity index (χ1n) is 9.71. The average molecular weight is 397 g/mol. The summed E-state index contributed by atoms with van der Waals surface area (Å²) in [4.78, 5) is 21.3. The minimum atomic E-state index is 0.553. The molecule has 4 aromatic rings. The molecule has 0 saturated heterocycles. The highest BCUT2D eigenvalue weighted by Gasteiger charge is 2.15. The Hall–Kier alpha value is -3.84. The third-order valence-corrected chi connectivity index (χ3v) is 4.59. The lowest BCUT2D eigenvalue weighted by Gasteiger charge is -2.03. The minimum Gasteiger partial charge on any atom is -0.390 e. The number of hydrogen-bond donors (Lipinski definition) is 3. The number of aliphatic imine (C=N–C) groups is 1. The summed E-state index contributed by atoms with van der Waals surface area (Å²) < 4.78 is 0. The van der Waals surface area contributed by atoms with Gasteiger partial charge >= 0.3 is 0 Å². The number of imidazole rings is 1. The van der Waals surface area contributed by atoms with Gasteiger partial charge in [0, 0.05) is 24.0 Å². The van der Waals surface area contributed by atoms with Crippen molar-refractivity contribution in [2.75, 3.05) is 0 Å². The second kappa shape index (κ2) is 9.11. The van der Waals surface area contributed by atoms with Crippen molar-refractivity contribution >= 4 is 12.2 Å². The molecule has 0 amide bonds. The van der Waals surface area contributed by atoms with Crippen molar-refractivity contribution in [3.8, 4) is 22.6 Å². The lowest BCUT2D eigenvalue weighted by atomic mass is 10.1. The quantitative estimate of drug-likeness (QED) is 0.325. The van der Waals surface area contributed by atoms with Gasteiger partial charge in [0.15, 0.2) is 5.82 Å². The van der Waals surface area contributed by atoms with Crippen LogP contribution < -0.4 is 11.1 Å². The normalized spacial score (nSPS) is 11.2. The Morgan fingerprint density at radius 3 is 2.60 bits per heavy atom. The molecular formula is C23H23N7. The van der Waals surface area contributed by atoms with Gasteiger partial charge in [0.25, 0.3) is 0 Å². The summed E-state index contributed by atoms with van der Waals surface area (Å²) in [6.45, 7) is 3.35. The van der Waals surface area contributed by atoms with Gasteiger partial charge in [-0.1, -0.05) is 36.4 Å². The van der Waals surface area contributed by atoms with Gasteiger partial charge in [-0.2, -0.15) is 0 Å². The molecule has 4 rings (SSSR count). The topological polar surface area (TPSA) is 105 Å². The smallest absolute Gasteiger partial charge is 0.153 e. The molecule has 0 bridgehead atoms. The summed E-state index contributed by atoms with van der Waals surface area (Å²) >= 11 is 0. The van der Waals surface area contributed by atoms with Crippen LogP contribution in [-0.4, -0.2) is 26.3 Å². The van der Waals surface area contributed by atoms with E-state index in [0.29, 0.717) is 12.4 Å². The van der Waals surface area contributed by atoms with E-state index >= 15 is 0 Å². The van der Waals surface area contributed by atoms with Gasteiger partial charge in [-0.25, -0.2) is 15.0 Å². The number of nitrogens with two attached hydrogens (primary N) is 1. The monoisotopic (exact) mass is 397 g/mol. The van der Waals surface area contributed by atoms with Gasteiger partial charge in [0.1, 0.15) is 5.82 Å². The Bertz CT molecular complexity index is 1130. The minimum absolute atomic E-state index is 0.553. The van der Waals surface area contributed by atoms with Crippen LogP contribution >= 0.6 is 0 Å². The fourth-order valence-corrected chi connectivity index (χ4v) is 3.18. The second-order valence-electron chi connectivity index (χ2n) is 6.84. The van der Waals surface area contributed by atoms with Crippen molar-refractivity contribution in [1.82, 2.24) is 25.3 Å². The van der Waals surface area contributed by atoms with Crippen LogP contribution in [0.25, 0.3) is 22.6 Å². The number of H-pyrrole nitrogens is 1. The maximum absolute atomic E-state index is 5.35.